The molecule has 140 valence electrons. The summed E-state index contributed by atoms with van der Waals surface area (Å²) in [5.41, 5.74) is 1.18. The van der Waals surface area contributed by atoms with Crippen molar-refractivity contribution in [3.8, 4) is 0 Å². The molecular formula is C18H30FN5O. The summed E-state index contributed by atoms with van der Waals surface area (Å²) in [6.07, 6.45) is 1.33. The summed E-state index contributed by atoms with van der Waals surface area (Å²) < 4.78 is 12.3. The van der Waals surface area contributed by atoms with Crippen molar-refractivity contribution in [2.75, 3.05) is 58.9 Å². The maximum atomic E-state index is 12.3. The van der Waals surface area contributed by atoms with Crippen molar-refractivity contribution in [3.05, 3.63) is 30.3 Å². The Bertz CT molecular complexity index is 521. The quantitative estimate of drug-likeness (QED) is 0.381. The molecule has 0 saturated heterocycles. The second-order valence-electron chi connectivity index (χ2n) is 5.96. The van der Waals surface area contributed by atoms with Crippen LogP contribution in [-0.4, -0.2) is 70.8 Å². The number of anilines is 1. The number of benzene rings is 1. The number of nitrogens with one attached hydrogen (secondary N) is 2. The third-order valence-electron chi connectivity index (χ3n) is 3.63. The number of amides is 1. The number of aliphatic imine (C=N–C) groups is 1. The van der Waals surface area contributed by atoms with E-state index in [1.165, 1.54) is 10.6 Å². The first-order valence-electron chi connectivity index (χ1n) is 8.59. The predicted octanol–water partition coefficient (Wildman–Crippen LogP) is 1.50. The third-order valence-corrected chi connectivity index (χ3v) is 3.63. The monoisotopic (exact) mass is 351 g/mol. The van der Waals surface area contributed by atoms with Gasteiger partial charge in [-0.3, -0.25) is 9.18 Å². The zero-order valence-corrected chi connectivity index (χ0v) is 15.5. The largest absolute Gasteiger partial charge is 0.375 e. The van der Waals surface area contributed by atoms with Crippen molar-refractivity contribution in [2.45, 2.75) is 12.8 Å². The van der Waals surface area contributed by atoms with Crippen LogP contribution in [0, 0.1) is 0 Å². The molecule has 1 aromatic rings. The smallest absolute Gasteiger partial charge is 0.243 e. The van der Waals surface area contributed by atoms with Crippen molar-refractivity contribution in [1.82, 2.24) is 15.5 Å². The summed E-state index contributed by atoms with van der Waals surface area (Å²) in [6, 6.07) is 10.2. The average molecular weight is 351 g/mol. The van der Waals surface area contributed by atoms with Crippen molar-refractivity contribution >= 4 is 17.6 Å². The van der Waals surface area contributed by atoms with E-state index >= 15 is 0 Å². The summed E-state index contributed by atoms with van der Waals surface area (Å²) in [5.74, 6) is 0.474. The fraction of sp³-hybridized carbons (Fsp3) is 0.556. The SMILES string of the molecule is CN(C)C(=O)CN=C(NCCCF)NCCCN(C)c1ccccc1. The van der Waals surface area contributed by atoms with Gasteiger partial charge >= 0.3 is 0 Å². The van der Waals surface area contributed by atoms with Gasteiger partial charge in [0.15, 0.2) is 5.96 Å². The van der Waals surface area contributed by atoms with Crippen LogP contribution >= 0.6 is 0 Å². The Balaban J connectivity index is 2.40. The molecule has 0 aromatic heterocycles. The Kier molecular flexibility index (Phi) is 10.0. The topological polar surface area (TPSA) is 60.0 Å². The molecule has 1 aromatic carbocycles. The number of guanidine groups is 1. The van der Waals surface area contributed by atoms with Gasteiger partial charge in [-0.1, -0.05) is 18.2 Å². The molecule has 0 spiro atoms. The Labute approximate surface area is 150 Å². The zero-order chi connectivity index (χ0) is 18.5. The number of rotatable bonds is 10. The molecule has 0 saturated carbocycles. The zero-order valence-electron chi connectivity index (χ0n) is 15.5. The van der Waals surface area contributed by atoms with Crippen LogP contribution < -0.4 is 15.5 Å². The molecule has 0 aliphatic carbocycles. The highest BCUT2D eigenvalue weighted by Crippen LogP contribution is 2.10. The van der Waals surface area contributed by atoms with Gasteiger partial charge in [-0.2, -0.15) is 0 Å². The van der Waals surface area contributed by atoms with Crippen molar-refractivity contribution in [3.63, 3.8) is 0 Å². The summed E-state index contributed by atoms with van der Waals surface area (Å²) >= 11 is 0. The lowest BCUT2D eigenvalue weighted by atomic mass is 10.3. The van der Waals surface area contributed by atoms with Crippen LogP contribution in [0.1, 0.15) is 12.8 Å². The van der Waals surface area contributed by atoms with Crippen LogP contribution in [-0.2, 0) is 4.79 Å². The number of carbonyl (C=O) groups excluding carboxylic acids is 1. The van der Waals surface area contributed by atoms with Crippen LogP contribution in [0.15, 0.2) is 35.3 Å². The molecule has 0 atom stereocenters. The Morgan fingerprint density at radius 1 is 1.08 bits per heavy atom. The van der Waals surface area contributed by atoms with Crippen molar-refractivity contribution in [1.29, 1.82) is 0 Å². The fourth-order valence-electron chi connectivity index (χ4n) is 2.07. The summed E-state index contributed by atoms with van der Waals surface area (Å²) in [4.78, 5) is 19.6. The number of halogens is 1. The van der Waals surface area contributed by atoms with E-state index in [2.05, 4.69) is 39.7 Å². The van der Waals surface area contributed by atoms with Gasteiger partial charge in [0.25, 0.3) is 0 Å². The molecule has 0 fully saturated rings. The third kappa shape index (κ3) is 8.93. The second-order valence-corrected chi connectivity index (χ2v) is 5.96. The van der Waals surface area contributed by atoms with E-state index in [9.17, 15) is 9.18 Å². The molecule has 0 radical (unpaired) electrons. The molecule has 0 aliphatic rings. The van der Waals surface area contributed by atoms with Gasteiger partial charge in [-0.05, 0) is 25.0 Å². The molecule has 1 rings (SSSR count). The number of para-hydroxylation sites is 1. The summed E-state index contributed by atoms with van der Waals surface area (Å²) in [5, 5.41) is 6.25. The lowest BCUT2D eigenvalue weighted by molar-refractivity contribution is -0.127. The Hall–Kier alpha value is -2.31. The highest BCUT2D eigenvalue weighted by molar-refractivity contribution is 5.84. The van der Waals surface area contributed by atoms with Gasteiger partial charge < -0.3 is 20.4 Å². The highest BCUT2D eigenvalue weighted by atomic mass is 19.1. The molecule has 7 heteroatoms. The minimum atomic E-state index is -0.376. The number of alkyl halides is 1. The predicted molar refractivity (Wildman–Crippen MR) is 102 cm³/mol. The minimum absolute atomic E-state index is 0.0713. The molecular weight excluding hydrogens is 321 g/mol. The number of likely N-dealkylation sites (N-methyl/N-ethyl adjacent to an activating group) is 1. The second kappa shape index (κ2) is 12.1. The normalized spacial score (nSPS) is 11.1. The highest BCUT2D eigenvalue weighted by Gasteiger charge is 2.05. The molecule has 0 heterocycles. The van der Waals surface area contributed by atoms with E-state index in [1.54, 1.807) is 14.1 Å². The number of nitrogens with zero attached hydrogens (tertiary/aromatic N) is 3. The molecule has 0 aliphatic heterocycles. The maximum absolute atomic E-state index is 12.3. The molecule has 1 amide bonds. The van der Waals surface area contributed by atoms with Crippen LogP contribution in [0.25, 0.3) is 0 Å². The molecule has 0 bridgehead atoms. The fourth-order valence-corrected chi connectivity index (χ4v) is 2.07. The molecule has 0 unspecified atom stereocenters. The molecule has 2 N–H and O–H groups in total. The standard InChI is InChI=1S/C18H30FN5O/c1-23(2)17(25)15-22-18(20-12-7-11-19)21-13-8-14-24(3)16-9-5-4-6-10-16/h4-6,9-10H,7-8,11-15H2,1-3H3,(H2,20,21,22). The van der Waals surface area contributed by atoms with Crippen LogP contribution in [0.4, 0.5) is 10.1 Å². The average Bonchev–Trinajstić information content (AvgIpc) is 2.62. The van der Waals surface area contributed by atoms with Gasteiger partial charge in [0, 0.05) is 46.5 Å². The van der Waals surface area contributed by atoms with E-state index in [0.29, 0.717) is 18.9 Å². The van der Waals surface area contributed by atoms with E-state index in [1.807, 2.05) is 18.2 Å². The molecule has 25 heavy (non-hydrogen) atoms. The summed E-state index contributed by atoms with van der Waals surface area (Å²) in [6.45, 7) is 1.79. The van der Waals surface area contributed by atoms with E-state index in [4.69, 9.17) is 0 Å². The van der Waals surface area contributed by atoms with Crippen molar-refractivity contribution < 1.29 is 9.18 Å². The Morgan fingerprint density at radius 2 is 1.72 bits per heavy atom. The first-order chi connectivity index (χ1) is 12.0. The van der Waals surface area contributed by atoms with E-state index < -0.39 is 0 Å². The van der Waals surface area contributed by atoms with E-state index in [-0.39, 0.29) is 19.1 Å². The van der Waals surface area contributed by atoms with Crippen molar-refractivity contribution in [2.24, 2.45) is 4.99 Å². The number of hydrogen-bond acceptors (Lipinski definition) is 3. The lowest BCUT2D eigenvalue weighted by Crippen LogP contribution is -2.40. The van der Waals surface area contributed by atoms with Crippen LogP contribution in [0.5, 0.6) is 0 Å². The van der Waals surface area contributed by atoms with Gasteiger partial charge in [-0.25, -0.2) is 4.99 Å². The lowest BCUT2D eigenvalue weighted by Gasteiger charge is -2.19. The number of carbonyl (C=O) groups is 1. The van der Waals surface area contributed by atoms with Gasteiger partial charge in [0.1, 0.15) is 6.54 Å². The maximum Gasteiger partial charge on any atom is 0.243 e. The van der Waals surface area contributed by atoms with Gasteiger partial charge in [-0.15, -0.1) is 0 Å². The minimum Gasteiger partial charge on any atom is -0.375 e. The first kappa shape index (κ1) is 20.7. The van der Waals surface area contributed by atoms with Crippen LogP contribution in [0.2, 0.25) is 0 Å². The first-order valence-corrected chi connectivity index (χ1v) is 8.59. The van der Waals surface area contributed by atoms with E-state index in [0.717, 1.165) is 19.5 Å². The Morgan fingerprint density at radius 3 is 2.32 bits per heavy atom. The van der Waals surface area contributed by atoms with Crippen LogP contribution in [0.3, 0.4) is 0 Å². The van der Waals surface area contributed by atoms with Gasteiger partial charge in [0.2, 0.25) is 5.91 Å². The summed E-state index contributed by atoms with van der Waals surface area (Å²) in [7, 11) is 5.45. The van der Waals surface area contributed by atoms with Gasteiger partial charge in [0.05, 0.1) is 6.67 Å². The molecule has 6 nitrogen and oxygen atoms in total. The number of hydrogen-bond donors (Lipinski definition) is 2.